The Balaban J connectivity index is 1.07. The Morgan fingerprint density at radius 2 is 1.24 bits per heavy atom. The minimum absolute atomic E-state index is 0.0220. The van der Waals surface area contributed by atoms with Gasteiger partial charge in [0.15, 0.2) is 18.9 Å². The highest BCUT2D eigenvalue weighted by atomic mass is 16.7. The van der Waals surface area contributed by atoms with Crippen molar-refractivity contribution in [1.82, 2.24) is 0 Å². The van der Waals surface area contributed by atoms with Gasteiger partial charge in [-0.3, -0.25) is 0 Å². The maximum atomic E-state index is 12.3. The third-order valence-corrected chi connectivity index (χ3v) is 19.4. The molecule has 0 amide bonds. The molecule has 0 radical (unpaired) electrons. The largest absolute Gasteiger partial charge is 0.394 e. The molecule has 0 aromatic rings. The van der Waals surface area contributed by atoms with Crippen LogP contribution in [0.15, 0.2) is 0 Å². The van der Waals surface area contributed by atoms with E-state index >= 15 is 0 Å². The summed E-state index contributed by atoms with van der Waals surface area (Å²) in [7, 11) is 0. The summed E-state index contributed by atoms with van der Waals surface area (Å²) in [5, 5.41) is 139. The highest BCUT2D eigenvalue weighted by molar-refractivity contribution is 5.33. The topological polar surface area (TPSA) is 318 Å². The predicted molar refractivity (Wildman–Crippen MR) is 228 cm³/mol. The average molecular weight is 949 g/mol. The van der Waals surface area contributed by atoms with E-state index in [0.29, 0.717) is 32.1 Å². The molecule has 26 atom stereocenters. The molecule has 382 valence electrons. The van der Waals surface area contributed by atoms with Gasteiger partial charge in [-0.2, -0.15) is 0 Å². The van der Waals surface area contributed by atoms with Crippen molar-refractivity contribution in [3.8, 4) is 0 Å². The van der Waals surface area contributed by atoms with E-state index in [4.69, 9.17) is 28.4 Å². The van der Waals surface area contributed by atoms with Crippen molar-refractivity contribution in [2.24, 2.45) is 50.7 Å². The third kappa shape index (κ3) is 7.98. The summed E-state index contributed by atoms with van der Waals surface area (Å²) in [4.78, 5) is 0. The number of aliphatic hydroxyl groups is 13. The molecular weight excluding hydrogens is 868 g/mol. The molecule has 0 bridgehead atoms. The number of aliphatic hydroxyl groups excluding tert-OH is 12. The Kier molecular flexibility index (Phi) is 14.1. The first-order valence-electron chi connectivity index (χ1n) is 24.4. The summed E-state index contributed by atoms with van der Waals surface area (Å²) < 4.78 is 36.9. The van der Waals surface area contributed by atoms with Gasteiger partial charge in [0.1, 0.15) is 67.1 Å². The minimum Gasteiger partial charge on any atom is -0.394 e. The van der Waals surface area contributed by atoms with Crippen molar-refractivity contribution in [1.29, 1.82) is 0 Å². The quantitative estimate of drug-likeness (QED) is 0.0924. The van der Waals surface area contributed by atoms with Crippen LogP contribution in [0, 0.1) is 50.7 Å². The fraction of sp³-hybridized carbons (Fsp3) is 1.00. The Morgan fingerprint density at radius 1 is 0.652 bits per heavy atom. The van der Waals surface area contributed by atoms with E-state index in [-0.39, 0.29) is 46.5 Å². The molecule has 5 saturated carbocycles. The SMILES string of the molecule is CC(CCC(OC1OC(CO)C(O)C(O)C1O)C(C)(C)O)C1C(O)CC2(C)C3CC(OC4OC(CO)C(O)C(O)C4O)C4C(C)(C)C(OC5OCC(O)C(O)C5O)CCC45CC35CCC12C. The molecule has 8 fully saturated rings. The van der Waals surface area contributed by atoms with Crippen LogP contribution in [-0.4, -0.2) is 202 Å². The molecule has 19 nitrogen and oxygen atoms in total. The number of hydrogen-bond donors (Lipinski definition) is 13. The van der Waals surface area contributed by atoms with Gasteiger partial charge in [0.05, 0.1) is 49.8 Å². The molecule has 26 unspecified atom stereocenters. The van der Waals surface area contributed by atoms with Crippen molar-refractivity contribution in [3.05, 3.63) is 0 Å². The number of ether oxygens (including phenoxy) is 6. The summed E-state index contributed by atoms with van der Waals surface area (Å²) in [5.74, 6) is -0.463. The van der Waals surface area contributed by atoms with Crippen molar-refractivity contribution in [3.63, 3.8) is 0 Å². The van der Waals surface area contributed by atoms with Gasteiger partial charge in [0.25, 0.3) is 0 Å². The van der Waals surface area contributed by atoms with Crippen LogP contribution in [-0.2, 0) is 28.4 Å². The van der Waals surface area contributed by atoms with Crippen LogP contribution in [0.4, 0.5) is 0 Å². The lowest BCUT2D eigenvalue weighted by Gasteiger charge is -2.65. The fourth-order valence-electron chi connectivity index (χ4n) is 15.8. The molecule has 3 aliphatic heterocycles. The molecule has 66 heavy (non-hydrogen) atoms. The molecule has 8 aliphatic rings. The lowest BCUT2D eigenvalue weighted by molar-refractivity contribution is -0.338. The van der Waals surface area contributed by atoms with E-state index in [1.54, 1.807) is 13.8 Å². The summed E-state index contributed by atoms with van der Waals surface area (Å²) in [6, 6.07) is 0. The molecule has 5 aliphatic carbocycles. The summed E-state index contributed by atoms with van der Waals surface area (Å²) in [6.45, 7) is 12.5. The van der Waals surface area contributed by atoms with Crippen molar-refractivity contribution >= 4 is 0 Å². The first-order valence-corrected chi connectivity index (χ1v) is 24.4. The Morgan fingerprint density at radius 3 is 1.85 bits per heavy atom. The summed E-state index contributed by atoms with van der Waals surface area (Å²) >= 11 is 0. The normalized spacial score (nSPS) is 54.4. The van der Waals surface area contributed by atoms with Gasteiger partial charge in [0, 0.05) is 0 Å². The number of rotatable bonds is 13. The van der Waals surface area contributed by atoms with Crippen LogP contribution in [0.25, 0.3) is 0 Å². The maximum Gasteiger partial charge on any atom is 0.187 e. The lowest BCUT2D eigenvalue weighted by atomic mass is 9.41. The van der Waals surface area contributed by atoms with Crippen LogP contribution in [0.3, 0.4) is 0 Å². The smallest absolute Gasteiger partial charge is 0.187 e. The molecule has 0 aromatic heterocycles. The van der Waals surface area contributed by atoms with E-state index < -0.39 is 140 Å². The number of fused-ring (bicyclic) bond motifs is 2. The van der Waals surface area contributed by atoms with E-state index in [0.717, 1.165) is 25.7 Å². The van der Waals surface area contributed by atoms with E-state index in [1.807, 2.05) is 0 Å². The van der Waals surface area contributed by atoms with Crippen LogP contribution in [0.5, 0.6) is 0 Å². The molecule has 0 aromatic carbocycles. The molecule has 3 heterocycles. The zero-order chi connectivity index (χ0) is 48.4. The van der Waals surface area contributed by atoms with Crippen molar-refractivity contribution in [2.45, 2.75) is 222 Å². The molecule has 19 heteroatoms. The summed E-state index contributed by atoms with van der Waals surface area (Å²) in [6.07, 6.45) is -17.3. The second kappa shape index (κ2) is 18.1. The predicted octanol–water partition coefficient (Wildman–Crippen LogP) is -1.61. The van der Waals surface area contributed by atoms with Gasteiger partial charge in [0.2, 0.25) is 0 Å². The minimum atomic E-state index is -1.65. The van der Waals surface area contributed by atoms with Crippen molar-refractivity contribution < 1.29 is 94.8 Å². The van der Waals surface area contributed by atoms with Gasteiger partial charge in [-0.15, -0.1) is 0 Å². The fourth-order valence-corrected chi connectivity index (χ4v) is 15.8. The second-order valence-corrected chi connectivity index (χ2v) is 23.5. The van der Waals surface area contributed by atoms with Crippen LogP contribution < -0.4 is 0 Å². The third-order valence-electron chi connectivity index (χ3n) is 19.4. The number of hydrogen-bond acceptors (Lipinski definition) is 19. The van der Waals surface area contributed by atoms with E-state index in [9.17, 15) is 66.4 Å². The van der Waals surface area contributed by atoms with Gasteiger partial charge < -0.3 is 94.8 Å². The highest BCUT2D eigenvalue weighted by Gasteiger charge is 2.85. The Bertz CT molecular complexity index is 1700. The van der Waals surface area contributed by atoms with E-state index in [2.05, 4.69) is 34.6 Å². The Labute approximate surface area is 386 Å². The van der Waals surface area contributed by atoms with Gasteiger partial charge in [-0.1, -0.05) is 34.6 Å². The Hall–Kier alpha value is -0.760. The van der Waals surface area contributed by atoms with Crippen LogP contribution in [0.1, 0.15) is 106 Å². The highest BCUT2D eigenvalue weighted by Crippen LogP contribution is 2.89. The monoisotopic (exact) mass is 949 g/mol. The zero-order valence-corrected chi connectivity index (χ0v) is 39.5. The molecule has 3 saturated heterocycles. The average Bonchev–Trinajstić information content (AvgIpc) is 3.85. The van der Waals surface area contributed by atoms with Gasteiger partial charge >= 0.3 is 0 Å². The molecule has 8 rings (SSSR count). The summed E-state index contributed by atoms with van der Waals surface area (Å²) in [5.41, 5.74) is -3.33. The zero-order valence-electron chi connectivity index (χ0n) is 39.5. The lowest BCUT2D eigenvalue weighted by Crippen LogP contribution is -2.65. The van der Waals surface area contributed by atoms with E-state index in [1.165, 1.54) is 0 Å². The first kappa shape index (κ1) is 51.6. The molecule has 13 N–H and O–H groups in total. The van der Waals surface area contributed by atoms with Gasteiger partial charge in [-0.05, 0) is 122 Å². The first-order chi connectivity index (χ1) is 30.7. The maximum absolute atomic E-state index is 12.3. The second-order valence-electron chi connectivity index (χ2n) is 23.5. The van der Waals surface area contributed by atoms with Crippen LogP contribution >= 0.6 is 0 Å². The molecular formula is C47H80O19. The van der Waals surface area contributed by atoms with Gasteiger partial charge in [-0.25, -0.2) is 0 Å². The van der Waals surface area contributed by atoms with Crippen molar-refractivity contribution in [2.75, 3.05) is 19.8 Å². The van der Waals surface area contributed by atoms with Crippen LogP contribution in [0.2, 0.25) is 0 Å². The standard InChI is InChI=1S/C47H80O19/c1-20(8-9-28(43(4,5)60)66-41-37(59)34(56)32(54)25(17-49)64-41)29-21(50)15-45(7)26-14-23(62-40-36(58)33(55)31(53)24(16-48)63-40)38-42(2,3)27(65-39-35(57)30(52)22(51)18-61-39)10-11-47(38)19-46(26,47)13-12-44(29,45)6/h20-41,48-60H,8-19H2,1-7H3. The molecule has 2 spiro atoms.